The maximum Gasteiger partial charge on any atom is 0.326 e. The third kappa shape index (κ3) is 6.88. The van der Waals surface area contributed by atoms with E-state index in [2.05, 4.69) is 5.32 Å². The molecule has 1 aliphatic heterocycles. The fourth-order valence-electron chi connectivity index (χ4n) is 2.76. The normalized spacial score (nSPS) is 15.8. The van der Waals surface area contributed by atoms with Crippen LogP contribution in [0.4, 0.5) is 0 Å². The number of hydrogen-bond acceptors (Lipinski definition) is 8. The Balaban J connectivity index is 2.01. The molecule has 1 atom stereocenters. The van der Waals surface area contributed by atoms with Crippen LogP contribution >= 0.6 is 35.7 Å². The van der Waals surface area contributed by atoms with Gasteiger partial charge in [-0.2, -0.15) is 11.8 Å². The molecule has 1 saturated heterocycles. The molecule has 2 N–H and O–H groups in total. The summed E-state index contributed by atoms with van der Waals surface area (Å²) in [5.74, 6) is -0.0762. The molecule has 0 radical (unpaired) electrons. The van der Waals surface area contributed by atoms with Gasteiger partial charge in [0, 0.05) is 13.0 Å². The number of carbonyl (C=O) groups is 3. The number of thioether (sulfide) groups is 2. The Morgan fingerprint density at radius 1 is 1.32 bits per heavy atom. The second kappa shape index (κ2) is 12.0. The Kier molecular flexibility index (Phi) is 9.66. The number of hydrogen-bond donors (Lipinski definition) is 2. The molecular formula is C20H24N2O6S3. The van der Waals surface area contributed by atoms with E-state index in [-0.39, 0.29) is 18.9 Å². The zero-order chi connectivity index (χ0) is 23.0. The zero-order valence-electron chi connectivity index (χ0n) is 17.4. The van der Waals surface area contributed by atoms with Gasteiger partial charge in [-0.1, -0.05) is 30.0 Å². The number of methoxy groups -OCH3 is 2. The summed E-state index contributed by atoms with van der Waals surface area (Å²) < 4.78 is 10.8. The van der Waals surface area contributed by atoms with Crippen LogP contribution in [-0.2, 0) is 14.4 Å². The molecule has 0 aromatic heterocycles. The van der Waals surface area contributed by atoms with Crippen LogP contribution in [0.1, 0.15) is 18.4 Å². The number of carbonyl (C=O) groups excluding carboxylic acids is 2. The van der Waals surface area contributed by atoms with Crippen molar-refractivity contribution in [2.75, 3.05) is 32.8 Å². The molecule has 2 rings (SSSR count). The number of amides is 2. The molecule has 0 saturated carbocycles. The van der Waals surface area contributed by atoms with E-state index < -0.39 is 17.9 Å². The molecule has 1 aliphatic rings. The maximum absolute atomic E-state index is 12.7. The fourth-order valence-corrected chi connectivity index (χ4v) is 4.54. The van der Waals surface area contributed by atoms with Gasteiger partial charge in [0.1, 0.15) is 10.4 Å². The van der Waals surface area contributed by atoms with Gasteiger partial charge in [-0.3, -0.25) is 14.5 Å². The number of carboxylic acid groups (broad SMARTS) is 1. The van der Waals surface area contributed by atoms with E-state index in [1.54, 1.807) is 31.4 Å². The molecule has 168 valence electrons. The first-order valence-corrected chi connectivity index (χ1v) is 11.9. The molecule has 1 heterocycles. The highest BCUT2D eigenvalue weighted by atomic mass is 32.2. The predicted octanol–water partition coefficient (Wildman–Crippen LogP) is 2.62. The molecule has 1 fully saturated rings. The highest BCUT2D eigenvalue weighted by Crippen LogP contribution is 2.34. The lowest BCUT2D eigenvalue weighted by Gasteiger charge is -2.17. The van der Waals surface area contributed by atoms with Gasteiger partial charge >= 0.3 is 5.97 Å². The fraction of sp³-hybridized carbons (Fsp3) is 0.400. The van der Waals surface area contributed by atoms with E-state index in [9.17, 15) is 19.5 Å². The number of rotatable bonds is 11. The second-order valence-electron chi connectivity index (χ2n) is 6.44. The van der Waals surface area contributed by atoms with Gasteiger partial charge in [0.15, 0.2) is 11.5 Å². The average molecular weight is 485 g/mol. The maximum atomic E-state index is 12.7. The molecule has 1 unspecified atom stereocenters. The lowest BCUT2D eigenvalue weighted by atomic mass is 10.2. The van der Waals surface area contributed by atoms with Crippen LogP contribution in [0.3, 0.4) is 0 Å². The molecule has 0 spiro atoms. The molecule has 31 heavy (non-hydrogen) atoms. The van der Waals surface area contributed by atoms with E-state index >= 15 is 0 Å². The molecule has 1 aromatic carbocycles. The van der Waals surface area contributed by atoms with E-state index in [0.29, 0.717) is 32.9 Å². The molecule has 1 aromatic rings. The number of benzene rings is 1. The van der Waals surface area contributed by atoms with Gasteiger partial charge in [0.05, 0.1) is 19.1 Å². The minimum absolute atomic E-state index is 0.0425. The third-order valence-corrected chi connectivity index (χ3v) is 6.41. The Bertz CT molecular complexity index is 890. The first-order chi connectivity index (χ1) is 14.8. The van der Waals surface area contributed by atoms with Gasteiger partial charge in [-0.05, 0) is 42.2 Å². The Morgan fingerprint density at radius 2 is 2.03 bits per heavy atom. The summed E-state index contributed by atoms with van der Waals surface area (Å²) in [7, 11) is 3.07. The first kappa shape index (κ1) is 25.0. The number of nitrogens with one attached hydrogen (secondary N) is 1. The van der Waals surface area contributed by atoms with Gasteiger partial charge < -0.3 is 19.9 Å². The molecule has 11 heteroatoms. The highest BCUT2D eigenvalue weighted by molar-refractivity contribution is 8.26. The molecule has 0 bridgehead atoms. The second-order valence-corrected chi connectivity index (χ2v) is 9.10. The van der Waals surface area contributed by atoms with Gasteiger partial charge in [0.2, 0.25) is 5.91 Å². The monoisotopic (exact) mass is 484 g/mol. The predicted molar refractivity (Wildman–Crippen MR) is 127 cm³/mol. The minimum atomic E-state index is -1.08. The van der Waals surface area contributed by atoms with Crippen molar-refractivity contribution in [3.63, 3.8) is 0 Å². The van der Waals surface area contributed by atoms with E-state index in [1.807, 2.05) is 6.26 Å². The molecule has 2 amide bonds. The van der Waals surface area contributed by atoms with Crippen molar-refractivity contribution in [2.45, 2.75) is 18.9 Å². The van der Waals surface area contributed by atoms with Crippen LogP contribution in [0.15, 0.2) is 23.1 Å². The van der Waals surface area contributed by atoms with Gasteiger partial charge in [-0.15, -0.1) is 0 Å². The number of carboxylic acids is 1. The van der Waals surface area contributed by atoms with Crippen molar-refractivity contribution in [3.05, 3.63) is 28.7 Å². The molecule has 8 nitrogen and oxygen atoms in total. The Labute approximate surface area is 194 Å². The van der Waals surface area contributed by atoms with Crippen LogP contribution in [0.5, 0.6) is 11.5 Å². The number of nitrogens with zero attached hydrogens (tertiary/aromatic N) is 1. The Morgan fingerprint density at radius 3 is 2.65 bits per heavy atom. The Hall–Kier alpha value is -2.24. The van der Waals surface area contributed by atoms with Crippen molar-refractivity contribution in [1.82, 2.24) is 10.2 Å². The summed E-state index contributed by atoms with van der Waals surface area (Å²) in [4.78, 5) is 38.0. The van der Waals surface area contributed by atoms with E-state index in [1.165, 1.54) is 23.8 Å². The van der Waals surface area contributed by atoms with Crippen molar-refractivity contribution in [1.29, 1.82) is 0 Å². The first-order valence-electron chi connectivity index (χ1n) is 9.29. The summed E-state index contributed by atoms with van der Waals surface area (Å²) in [5.41, 5.74) is 0.744. The average Bonchev–Trinajstić information content (AvgIpc) is 3.01. The lowest BCUT2D eigenvalue weighted by Crippen LogP contribution is -2.42. The number of aliphatic carboxylic acids is 1. The summed E-state index contributed by atoms with van der Waals surface area (Å²) in [6.45, 7) is 0.0780. The van der Waals surface area contributed by atoms with Crippen molar-refractivity contribution in [3.8, 4) is 11.5 Å². The molecular weight excluding hydrogens is 460 g/mol. The quantitative estimate of drug-likeness (QED) is 0.362. The summed E-state index contributed by atoms with van der Waals surface area (Å²) in [5, 5.41) is 11.7. The lowest BCUT2D eigenvalue weighted by molar-refractivity contribution is -0.142. The van der Waals surface area contributed by atoms with Crippen molar-refractivity contribution >= 4 is 63.9 Å². The van der Waals surface area contributed by atoms with Crippen LogP contribution in [0, 0.1) is 0 Å². The topological polar surface area (TPSA) is 105 Å². The van der Waals surface area contributed by atoms with Gasteiger partial charge in [-0.25, -0.2) is 4.79 Å². The highest BCUT2D eigenvalue weighted by Gasteiger charge is 2.32. The molecule has 0 aliphatic carbocycles. The SMILES string of the molecule is COc1ccc(C=C2SC(=S)N(CCC(=O)NC(CCSC)C(=O)O)C2=O)cc1OC. The van der Waals surface area contributed by atoms with Crippen LogP contribution in [-0.4, -0.2) is 70.9 Å². The largest absolute Gasteiger partial charge is 0.493 e. The number of thiocarbonyl (C=S) groups is 1. The smallest absolute Gasteiger partial charge is 0.326 e. The van der Waals surface area contributed by atoms with E-state index in [4.69, 9.17) is 21.7 Å². The van der Waals surface area contributed by atoms with Crippen molar-refractivity contribution in [2.24, 2.45) is 0 Å². The van der Waals surface area contributed by atoms with Gasteiger partial charge in [0.25, 0.3) is 5.91 Å². The summed E-state index contributed by atoms with van der Waals surface area (Å²) in [6.07, 6.45) is 3.85. The van der Waals surface area contributed by atoms with Crippen molar-refractivity contribution < 1.29 is 29.0 Å². The zero-order valence-corrected chi connectivity index (χ0v) is 19.8. The standard InChI is InChI=1S/C20H24N2O6S3/c1-27-14-5-4-12(10-15(14)28-2)11-16-18(24)22(20(29)31-16)8-6-17(23)21-13(19(25)26)7-9-30-3/h4-5,10-11,13H,6-9H2,1-3H3,(H,21,23)(H,25,26). The number of ether oxygens (including phenoxy) is 2. The van der Waals surface area contributed by atoms with Crippen LogP contribution < -0.4 is 14.8 Å². The van der Waals surface area contributed by atoms with Crippen LogP contribution in [0.25, 0.3) is 6.08 Å². The third-order valence-electron chi connectivity index (χ3n) is 4.39. The summed E-state index contributed by atoms with van der Waals surface area (Å²) >= 11 is 7.95. The minimum Gasteiger partial charge on any atom is -0.493 e. The summed E-state index contributed by atoms with van der Waals surface area (Å²) in [6, 6.07) is 4.34. The van der Waals surface area contributed by atoms with E-state index in [0.717, 1.165) is 17.3 Å². The van der Waals surface area contributed by atoms with Crippen LogP contribution in [0.2, 0.25) is 0 Å².